The molecule has 1 aromatic heterocycles. The van der Waals surface area contributed by atoms with Crippen LogP contribution in [0, 0.1) is 0 Å². The molecule has 1 saturated heterocycles. The van der Waals surface area contributed by atoms with Crippen LogP contribution >= 0.6 is 0 Å². The average Bonchev–Trinajstić information content (AvgIpc) is 2.97. The fourth-order valence-corrected chi connectivity index (χ4v) is 2.65. The molecule has 6 nitrogen and oxygen atoms in total. The van der Waals surface area contributed by atoms with Crippen LogP contribution in [0.25, 0.3) is 0 Å². The number of hydrogen-bond donors (Lipinski definition) is 1. The number of anilines is 1. The highest BCUT2D eigenvalue weighted by atomic mass is 32.2. The summed E-state index contributed by atoms with van der Waals surface area (Å²) in [5, 5.41) is 1.59. The van der Waals surface area contributed by atoms with Gasteiger partial charge in [-0.1, -0.05) is 6.07 Å². The Morgan fingerprint density at radius 3 is 2.57 bits per heavy atom. The lowest BCUT2D eigenvalue weighted by Crippen LogP contribution is -2.37. The lowest BCUT2D eigenvalue weighted by Gasteiger charge is -2.16. The van der Waals surface area contributed by atoms with Crippen molar-refractivity contribution >= 4 is 21.6 Å². The quantitative estimate of drug-likeness (QED) is 0.867. The van der Waals surface area contributed by atoms with E-state index in [-0.39, 0.29) is 6.54 Å². The molecular weight excluding hydrogens is 290 g/mol. The van der Waals surface area contributed by atoms with Crippen LogP contribution in [0.5, 0.6) is 0 Å². The molecule has 0 saturated carbocycles. The second-order valence-electron chi connectivity index (χ2n) is 5.41. The fourth-order valence-electron chi connectivity index (χ4n) is 2.18. The Morgan fingerprint density at radius 1 is 1.38 bits per heavy atom. The summed E-state index contributed by atoms with van der Waals surface area (Å²) in [5.74, 6) is 0.466. The SMILES string of the molecule is CC(C(=O)NCc1ccc(N2CCCC2)nc1)S(C)(=O)=O. The van der Waals surface area contributed by atoms with Crippen molar-refractivity contribution in [1.29, 1.82) is 0 Å². The summed E-state index contributed by atoms with van der Waals surface area (Å²) < 4.78 is 22.6. The third kappa shape index (κ3) is 4.17. The topological polar surface area (TPSA) is 79.4 Å². The molecule has 1 aromatic rings. The molecule has 0 radical (unpaired) electrons. The van der Waals surface area contributed by atoms with E-state index in [0.29, 0.717) is 0 Å². The molecule has 2 rings (SSSR count). The number of carbonyl (C=O) groups is 1. The van der Waals surface area contributed by atoms with E-state index < -0.39 is 21.0 Å². The first-order valence-corrected chi connectivity index (χ1v) is 9.00. The van der Waals surface area contributed by atoms with Crippen LogP contribution in [-0.4, -0.2) is 43.9 Å². The fraction of sp³-hybridized carbons (Fsp3) is 0.571. The number of sulfone groups is 1. The summed E-state index contributed by atoms with van der Waals surface area (Å²) >= 11 is 0. The molecule has 0 aliphatic carbocycles. The van der Waals surface area contributed by atoms with E-state index in [9.17, 15) is 13.2 Å². The smallest absolute Gasteiger partial charge is 0.238 e. The number of pyridine rings is 1. The van der Waals surface area contributed by atoms with Crippen molar-refractivity contribution in [2.24, 2.45) is 0 Å². The second kappa shape index (κ2) is 6.43. The third-order valence-electron chi connectivity index (χ3n) is 3.72. The first-order chi connectivity index (χ1) is 9.88. The van der Waals surface area contributed by atoms with Crippen molar-refractivity contribution < 1.29 is 13.2 Å². The predicted molar refractivity (Wildman–Crippen MR) is 81.8 cm³/mol. The van der Waals surface area contributed by atoms with Gasteiger partial charge in [-0.2, -0.15) is 0 Å². The summed E-state index contributed by atoms with van der Waals surface area (Å²) in [5.41, 5.74) is 0.854. The number of carbonyl (C=O) groups excluding carboxylic acids is 1. The lowest BCUT2D eigenvalue weighted by atomic mass is 10.2. The standard InChI is InChI=1S/C14H21N3O3S/c1-11(21(2,19)20)14(18)16-10-12-5-6-13(15-9-12)17-7-3-4-8-17/h5-6,9,11H,3-4,7-8,10H2,1-2H3,(H,16,18). The summed E-state index contributed by atoms with van der Waals surface area (Å²) in [7, 11) is -3.36. The van der Waals surface area contributed by atoms with Gasteiger partial charge in [-0.15, -0.1) is 0 Å². The maximum Gasteiger partial charge on any atom is 0.238 e. The van der Waals surface area contributed by atoms with Crippen LogP contribution in [0.4, 0.5) is 5.82 Å². The van der Waals surface area contributed by atoms with Crippen molar-refractivity contribution in [2.45, 2.75) is 31.6 Å². The largest absolute Gasteiger partial charge is 0.357 e. The second-order valence-corrected chi connectivity index (χ2v) is 7.77. The molecule has 116 valence electrons. The zero-order valence-corrected chi connectivity index (χ0v) is 13.2. The van der Waals surface area contributed by atoms with E-state index in [1.165, 1.54) is 19.8 Å². The summed E-state index contributed by atoms with van der Waals surface area (Å²) in [4.78, 5) is 18.3. The molecule has 1 fully saturated rings. The molecular formula is C14H21N3O3S. The number of rotatable bonds is 5. The van der Waals surface area contributed by atoms with Gasteiger partial charge in [0.05, 0.1) is 0 Å². The number of aromatic nitrogens is 1. The number of nitrogens with one attached hydrogen (secondary N) is 1. The van der Waals surface area contributed by atoms with E-state index in [4.69, 9.17) is 0 Å². The van der Waals surface area contributed by atoms with E-state index in [1.807, 2.05) is 12.1 Å². The number of nitrogens with zero attached hydrogens (tertiary/aromatic N) is 2. The number of amides is 1. The maximum absolute atomic E-state index is 11.7. The van der Waals surface area contributed by atoms with Crippen LogP contribution in [0.1, 0.15) is 25.3 Å². The van der Waals surface area contributed by atoms with Gasteiger partial charge in [-0.3, -0.25) is 4.79 Å². The van der Waals surface area contributed by atoms with Crippen molar-refractivity contribution in [1.82, 2.24) is 10.3 Å². The van der Waals surface area contributed by atoms with Gasteiger partial charge in [0.1, 0.15) is 11.1 Å². The Labute approximate surface area is 125 Å². The van der Waals surface area contributed by atoms with E-state index in [1.54, 1.807) is 6.20 Å². The van der Waals surface area contributed by atoms with Gasteiger partial charge in [-0.25, -0.2) is 13.4 Å². The normalized spacial score (nSPS) is 16.8. The molecule has 1 atom stereocenters. The first kappa shape index (κ1) is 15.8. The minimum Gasteiger partial charge on any atom is -0.357 e. The Bertz CT molecular complexity index is 592. The molecule has 2 heterocycles. The Hall–Kier alpha value is -1.63. The van der Waals surface area contributed by atoms with Crippen molar-refractivity contribution in [3.63, 3.8) is 0 Å². The molecule has 1 aliphatic rings. The highest BCUT2D eigenvalue weighted by Gasteiger charge is 2.23. The molecule has 1 N–H and O–H groups in total. The van der Waals surface area contributed by atoms with Crippen LogP contribution in [0.3, 0.4) is 0 Å². The first-order valence-electron chi connectivity index (χ1n) is 7.04. The van der Waals surface area contributed by atoms with Crippen LogP contribution in [0.2, 0.25) is 0 Å². The van der Waals surface area contributed by atoms with E-state index in [2.05, 4.69) is 15.2 Å². The molecule has 21 heavy (non-hydrogen) atoms. The van der Waals surface area contributed by atoms with Crippen molar-refractivity contribution in [3.8, 4) is 0 Å². The Balaban J connectivity index is 1.90. The zero-order chi connectivity index (χ0) is 15.5. The minimum atomic E-state index is -3.36. The Kier molecular flexibility index (Phi) is 4.82. The molecule has 0 bridgehead atoms. The van der Waals surface area contributed by atoms with Gasteiger partial charge in [0.15, 0.2) is 9.84 Å². The lowest BCUT2D eigenvalue weighted by molar-refractivity contribution is -0.120. The van der Waals surface area contributed by atoms with E-state index >= 15 is 0 Å². The van der Waals surface area contributed by atoms with Crippen LogP contribution in [-0.2, 0) is 21.2 Å². The van der Waals surface area contributed by atoms with Crippen LogP contribution < -0.4 is 10.2 Å². The molecule has 0 spiro atoms. The minimum absolute atomic E-state index is 0.284. The molecule has 1 amide bonds. The summed E-state index contributed by atoms with van der Waals surface area (Å²) in [6.45, 7) is 3.75. The predicted octanol–water partition coefficient (Wildman–Crippen LogP) is 0.731. The third-order valence-corrected chi connectivity index (χ3v) is 5.22. The Morgan fingerprint density at radius 2 is 2.05 bits per heavy atom. The van der Waals surface area contributed by atoms with Crippen molar-refractivity contribution in [3.05, 3.63) is 23.9 Å². The maximum atomic E-state index is 11.7. The van der Waals surface area contributed by atoms with E-state index in [0.717, 1.165) is 30.7 Å². The summed E-state index contributed by atoms with van der Waals surface area (Å²) in [6.07, 6.45) is 5.18. The van der Waals surface area contributed by atoms with Crippen molar-refractivity contribution in [2.75, 3.05) is 24.2 Å². The highest BCUT2D eigenvalue weighted by Crippen LogP contribution is 2.17. The average molecular weight is 311 g/mol. The number of hydrogen-bond acceptors (Lipinski definition) is 5. The van der Waals surface area contributed by atoms with Gasteiger partial charge < -0.3 is 10.2 Å². The van der Waals surface area contributed by atoms with Gasteiger partial charge in [0.25, 0.3) is 0 Å². The van der Waals surface area contributed by atoms with Crippen LogP contribution in [0.15, 0.2) is 18.3 Å². The monoisotopic (exact) mass is 311 g/mol. The van der Waals surface area contributed by atoms with Gasteiger partial charge in [0, 0.05) is 32.1 Å². The van der Waals surface area contributed by atoms with Gasteiger partial charge in [-0.05, 0) is 31.4 Å². The molecule has 1 aliphatic heterocycles. The summed E-state index contributed by atoms with van der Waals surface area (Å²) in [6, 6.07) is 3.85. The highest BCUT2D eigenvalue weighted by molar-refractivity contribution is 7.92. The van der Waals surface area contributed by atoms with Gasteiger partial charge in [0.2, 0.25) is 5.91 Å². The molecule has 1 unspecified atom stereocenters. The zero-order valence-electron chi connectivity index (χ0n) is 12.4. The molecule has 7 heteroatoms. The molecule has 0 aromatic carbocycles. The van der Waals surface area contributed by atoms with Gasteiger partial charge >= 0.3 is 0 Å².